The van der Waals surface area contributed by atoms with E-state index in [9.17, 15) is 0 Å². The van der Waals surface area contributed by atoms with Gasteiger partial charge in [0.05, 0.1) is 10.9 Å². The minimum Gasteiger partial charge on any atom is -0.490 e. The van der Waals surface area contributed by atoms with Crippen LogP contribution in [0.1, 0.15) is 24.0 Å². The van der Waals surface area contributed by atoms with Gasteiger partial charge in [-0.1, -0.05) is 42.5 Å². The van der Waals surface area contributed by atoms with Gasteiger partial charge in [-0.2, -0.15) is 0 Å². The van der Waals surface area contributed by atoms with Crippen LogP contribution < -0.4 is 9.64 Å². The zero-order valence-corrected chi connectivity index (χ0v) is 16.8. The molecule has 6 rings (SSSR count). The lowest BCUT2D eigenvalue weighted by Gasteiger charge is -2.35. The van der Waals surface area contributed by atoms with Crippen molar-refractivity contribution in [1.82, 2.24) is 9.97 Å². The first-order valence-corrected chi connectivity index (χ1v) is 10.7. The third-order valence-corrected chi connectivity index (χ3v) is 6.41. The summed E-state index contributed by atoms with van der Waals surface area (Å²) >= 11 is 0. The molecule has 0 atom stereocenters. The molecule has 4 nitrogen and oxygen atoms in total. The van der Waals surface area contributed by atoms with Gasteiger partial charge < -0.3 is 9.64 Å². The third kappa shape index (κ3) is 2.91. The first kappa shape index (κ1) is 17.5. The molecule has 1 aliphatic carbocycles. The predicted octanol–water partition coefficient (Wildman–Crippen LogP) is 5.25. The van der Waals surface area contributed by atoms with Gasteiger partial charge in [0.1, 0.15) is 18.2 Å². The lowest BCUT2D eigenvalue weighted by Crippen LogP contribution is -2.38. The Morgan fingerprint density at radius 2 is 1.70 bits per heavy atom. The van der Waals surface area contributed by atoms with Crippen LogP contribution in [0.25, 0.3) is 22.0 Å². The van der Waals surface area contributed by atoms with E-state index in [4.69, 9.17) is 4.74 Å². The number of ether oxygens (including phenoxy) is 1. The molecule has 0 bridgehead atoms. The quantitative estimate of drug-likeness (QED) is 0.420. The zero-order valence-electron chi connectivity index (χ0n) is 16.8. The molecule has 3 aromatic carbocycles. The lowest BCUT2D eigenvalue weighted by molar-refractivity contribution is 0.173. The maximum absolute atomic E-state index is 6.39. The van der Waals surface area contributed by atoms with Crippen molar-refractivity contribution in [2.75, 3.05) is 18.0 Å². The summed E-state index contributed by atoms with van der Waals surface area (Å²) in [6, 6.07) is 21.6. The molecule has 4 heteroatoms. The largest absolute Gasteiger partial charge is 0.490 e. The number of benzene rings is 3. The van der Waals surface area contributed by atoms with Gasteiger partial charge in [0.25, 0.3) is 0 Å². The number of anilines is 1. The van der Waals surface area contributed by atoms with Crippen LogP contribution in [0.4, 0.5) is 5.69 Å². The molecule has 0 amide bonds. The summed E-state index contributed by atoms with van der Waals surface area (Å²) in [7, 11) is 0. The minimum atomic E-state index is 0.223. The molecule has 30 heavy (non-hydrogen) atoms. The Balaban J connectivity index is 1.20. The van der Waals surface area contributed by atoms with Crippen molar-refractivity contribution in [2.24, 2.45) is 0 Å². The number of hydrogen-bond donors (Lipinski definition) is 0. The van der Waals surface area contributed by atoms with Crippen molar-refractivity contribution >= 4 is 16.6 Å². The minimum absolute atomic E-state index is 0.223. The van der Waals surface area contributed by atoms with Gasteiger partial charge in [-0.25, -0.2) is 9.97 Å². The summed E-state index contributed by atoms with van der Waals surface area (Å²) in [6.07, 6.45) is 6.72. The van der Waals surface area contributed by atoms with Crippen molar-refractivity contribution in [1.29, 1.82) is 0 Å². The Labute approximate surface area is 176 Å². The van der Waals surface area contributed by atoms with Crippen molar-refractivity contribution < 1.29 is 4.74 Å². The van der Waals surface area contributed by atoms with E-state index in [1.54, 1.807) is 6.33 Å². The van der Waals surface area contributed by atoms with Gasteiger partial charge in [0.2, 0.25) is 0 Å². The molecule has 1 aliphatic heterocycles. The normalized spacial score (nSPS) is 15.8. The number of hydrogen-bond acceptors (Lipinski definition) is 4. The van der Waals surface area contributed by atoms with E-state index in [0.717, 1.165) is 49.0 Å². The zero-order chi connectivity index (χ0) is 19.9. The molecule has 4 aromatic rings. The first-order chi connectivity index (χ1) is 14.9. The molecule has 0 radical (unpaired) electrons. The van der Waals surface area contributed by atoms with Crippen molar-refractivity contribution in [2.45, 2.75) is 25.4 Å². The van der Waals surface area contributed by atoms with Crippen LogP contribution >= 0.6 is 0 Å². The smallest absolute Gasteiger partial charge is 0.130 e. The highest BCUT2D eigenvalue weighted by Gasteiger charge is 2.26. The number of aromatic nitrogens is 2. The van der Waals surface area contributed by atoms with Gasteiger partial charge >= 0.3 is 0 Å². The Morgan fingerprint density at radius 3 is 2.63 bits per heavy atom. The van der Waals surface area contributed by atoms with E-state index < -0.39 is 0 Å². The molecule has 2 heterocycles. The van der Waals surface area contributed by atoms with Crippen LogP contribution in [0.3, 0.4) is 0 Å². The monoisotopic (exact) mass is 393 g/mol. The number of piperidine rings is 1. The summed E-state index contributed by atoms with van der Waals surface area (Å²) in [6.45, 7) is 2.03. The fourth-order valence-electron chi connectivity index (χ4n) is 4.91. The number of fused-ring (bicyclic) bond motifs is 4. The molecular formula is C26H23N3O. The van der Waals surface area contributed by atoms with Crippen LogP contribution in [0, 0.1) is 0 Å². The molecule has 2 aliphatic rings. The molecule has 1 aromatic heterocycles. The van der Waals surface area contributed by atoms with E-state index in [-0.39, 0.29) is 6.10 Å². The summed E-state index contributed by atoms with van der Waals surface area (Å²) in [5, 5.41) is 0.987. The molecule has 0 N–H and O–H groups in total. The number of nitrogens with zero attached hydrogens (tertiary/aromatic N) is 3. The highest BCUT2D eigenvalue weighted by molar-refractivity contribution is 5.84. The Morgan fingerprint density at radius 1 is 0.867 bits per heavy atom. The summed E-state index contributed by atoms with van der Waals surface area (Å²) < 4.78 is 6.39. The molecule has 1 saturated heterocycles. The van der Waals surface area contributed by atoms with E-state index in [0.29, 0.717) is 0 Å². The maximum Gasteiger partial charge on any atom is 0.130 e. The molecule has 0 spiro atoms. The number of rotatable bonds is 3. The average molecular weight is 393 g/mol. The van der Waals surface area contributed by atoms with Crippen LogP contribution in [0.15, 0.2) is 73.2 Å². The summed E-state index contributed by atoms with van der Waals surface area (Å²) in [5.74, 6) is 0.891. The second kappa shape index (κ2) is 7.13. The fourth-order valence-corrected chi connectivity index (χ4v) is 4.91. The topological polar surface area (TPSA) is 38.2 Å². The molecule has 0 unspecified atom stereocenters. The molecule has 1 fully saturated rings. The lowest BCUT2D eigenvalue weighted by atomic mass is 10.0. The average Bonchev–Trinajstić information content (AvgIpc) is 3.19. The standard InChI is InChI=1S/C26H23N3O/c1-2-6-20-18(5-1)15-22-21(20)7-3-9-25(22)29-13-11-19(12-14-29)30-26-10-4-8-24-23(26)16-27-17-28-24/h1-10,16-17,19H,11-15H2. The van der Waals surface area contributed by atoms with Gasteiger partial charge in [0.15, 0.2) is 0 Å². The fraction of sp³-hybridized carbons (Fsp3) is 0.231. The van der Waals surface area contributed by atoms with E-state index in [2.05, 4.69) is 57.3 Å². The van der Waals surface area contributed by atoms with Crippen LogP contribution in [0.2, 0.25) is 0 Å². The predicted molar refractivity (Wildman–Crippen MR) is 120 cm³/mol. The van der Waals surface area contributed by atoms with Crippen LogP contribution in [0.5, 0.6) is 5.75 Å². The van der Waals surface area contributed by atoms with Crippen LogP contribution in [-0.2, 0) is 6.42 Å². The SMILES string of the molecule is c1ccc2c(c1)Cc1c-2cccc1N1CCC(Oc2cccc3ncncc23)CC1. The summed E-state index contributed by atoms with van der Waals surface area (Å²) in [4.78, 5) is 11.0. The van der Waals surface area contributed by atoms with Crippen molar-refractivity contribution in [3.8, 4) is 16.9 Å². The van der Waals surface area contributed by atoms with Crippen LogP contribution in [-0.4, -0.2) is 29.2 Å². The third-order valence-electron chi connectivity index (χ3n) is 6.41. The summed E-state index contributed by atoms with van der Waals surface area (Å²) in [5.41, 5.74) is 8.03. The van der Waals surface area contributed by atoms with Gasteiger partial charge in [-0.15, -0.1) is 0 Å². The Bertz CT molecular complexity index is 1220. The maximum atomic E-state index is 6.39. The second-order valence-corrected chi connectivity index (χ2v) is 8.15. The van der Waals surface area contributed by atoms with Gasteiger partial charge in [-0.05, 0) is 40.5 Å². The van der Waals surface area contributed by atoms with Crippen molar-refractivity contribution in [3.05, 3.63) is 84.3 Å². The Kier molecular flexibility index (Phi) is 4.15. The highest BCUT2D eigenvalue weighted by Crippen LogP contribution is 2.41. The highest BCUT2D eigenvalue weighted by atomic mass is 16.5. The van der Waals surface area contributed by atoms with E-state index in [1.807, 2.05) is 24.4 Å². The first-order valence-electron chi connectivity index (χ1n) is 10.7. The van der Waals surface area contributed by atoms with Gasteiger partial charge in [0, 0.05) is 44.2 Å². The Hall–Kier alpha value is -3.40. The molecule has 0 saturated carbocycles. The molecular weight excluding hydrogens is 370 g/mol. The van der Waals surface area contributed by atoms with E-state index in [1.165, 1.54) is 27.9 Å². The van der Waals surface area contributed by atoms with Crippen molar-refractivity contribution in [3.63, 3.8) is 0 Å². The molecule has 148 valence electrons. The van der Waals surface area contributed by atoms with Gasteiger partial charge in [-0.3, -0.25) is 0 Å². The second-order valence-electron chi connectivity index (χ2n) is 8.15. The van der Waals surface area contributed by atoms with E-state index >= 15 is 0 Å².